The first-order chi connectivity index (χ1) is 20.7. The lowest BCUT2D eigenvalue weighted by atomic mass is 10.0. The van der Waals surface area contributed by atoms with E-state index in [0.717, 1.165) is 41.3 Å². The largest absolute Gasteiger partial charge is 0.453 e. The molecule has 0 aliphatic carbocycles. The molecule has 2 aliphatic rings. The highest BCUT2D eigenvalue weighted by Crippen LogP contribution is 2.27. The number of benzene rings is 1. The van der Waals surface area contributed by atoms with Crippen LogP contribution < -0.4 is 21.3 Å². The standard InChI is InChI=1S/C31H37N7O5/c1-18(2)27(37-31(42)43-3)30(41)38-13-5-7-24(38)29(40)35-25-11-10-20(16-33-25)19-8-9-21-17-34-26(15-22(21)14-19)36-28(39)23-6-4-12-32-23/h8-11,14-18,23-24,27,32H,4-7,12-13H2,1-3H3,(H,37,42)(H,33,35,40)(H,34,36,39)/t23-,24-,27-/m0/s1. The van der Waals surface area contributed by atoms with E-state index in [-0.39, 0.29) is 29.7 Å². The predicted molar refractivity (Wildman–Crippen MR) is 162 cm³/mol. The van der Waals surface area contributed by atoms with Crippen molar-refractivity contribution in [2.24, 2.45) is 5.92 Å². The highest BCUT2D eigenvalue weighted by molar-refractivity contribution is 5.99. The highest BCUT2D eigenvalue weighted by atomic mass is 16.5. The van der Waals surface area contributed by atoms with Gasteiger partial charge in [-0.1, -0.05) is 26.0 Å². The summed E-state index contributed by atoms with van der Waals surface area (Å²) in [6.07, 6.45) is 5.72. The number of hydrogen-bond donors (Lipinski definition) is 4. The summed E-state index contributed by atoms with van der Waals surface area (Å²) in [4.78, 5) is 61.1. The second-order valence-corrected chi connectivity index (χ2v) is 11.2. The molecule has 2 saturated heterocycles. The van der Waals surface area contributed by atoms with Crippen LogP contribution in [0, 0.1) is 5.92 Å². The Balaban J connectivity index is 1.25. The van der Waals surface area contributed by atoms with Crippen molar-refractivity contribution in [3.8, 4) is 11.1 Å². The number of anilines is 2. The molecular formula is C31H37N7O5. The normalized spacial score (nSPS) is 18.8. The molecule has 3 atom stereocenters. The number of amides is 4. The summed E-state index contributed by atoms with van der Waals surface area (Å²) < 4.78 is 4.67. The van der Waals surface area contributed by atoms with Crippen LogP contribution in [0.25, 0.3) is 21.9 Å². The number of aromatic nitrogens is 2. The van der Waals surface area contributed by atoms with Crippen LogP contribution in [0.4, 0.5) is 16.4 Å². The van der Waals surface area contributed by atoms with Crippen molar-refractivity contribution in [2.45, 2.75) is 57.7 Å². The molecule has 0 unspecified atom stereocenters. The summed E-state index contributed by atoms with van der Waals surface area (Å²) in [5, 5.41) is 13.4. The van der Waals surface area contributed by atoms with Gasteiger partial charge in [0.25, 0.3) is 0 Å². The van der Waals surface area contributed by atoms with E-state index in [0.29, 0.717) is 31.0 Å². The molecule has 43 heavy (non-hydrogen) atoms. The molecule has 4 N–H and O–H groups in total. The lowest BCUT2D eigenvalue weighted by molar-refractivity contribution is -0.139. The Labute approximate surface area is 250 Å². The molecule has 5 rings (SSSR count). The molecule has 0 spiro atoms. The molecule has 4 amide bonds. The number of likely N-dealkylation sites (tertiary alicyclic amines) is 1. The van der Waals surface area contributed by atoms with Crippen molar-refractivity contribution in [3.63, 3.8) is 0 Å². The minimum absolute atomic E-state index is 0.0787. The fraction of sp³-hybridized carbons (Fsp3) is 0.419. The number of hydrogen-bond acceptors (Lipinski definition) is 8. The third-order valence-corrected chi connectivity index (χ3v) is 7.93. The SMILES string of the molecule is COC(=O)N[C@H](C(=O)N1CCC[C@H]1C(=O)Nc1ccc(-c2ccc3cnc(NC(=O)[C@@H]4CCCN4)cc3c2)cn1)C(C)C. The van der Waals surface area contributed by atoms with Gasteiger partial charge in [0.15, 0.2) is 0 Å². The van der Waals surface area contributed by atoms with Gasteiger partial charge in [-0.3, -0.25) is 14.4 Å². The maximum Gasteiger partial charge on any atom is 0.407 e. The third-order valence-electron chi connectivity index (χ3n) is 7.93. The Hall–Kier alpha value is -4.58. The second-order valence-electron chi connectivity index (χ2n) is 11.2. The van der Waals surface area contributed by atoms with Crippen molar-refractivity contribution in [3.05, 3.63) is 48.8 Å². The number of alkyl carbamates (subject to hydrolysis) is 1. The topological polar surface area (TPSA) is 155 Å². The Morgan fingerprint density at radius 2 is 1.67 bits per heavy atom. The Kier molecular flexibility index (Phi) is 9.15. The molecule has 0 bridgehead atoms. The maximum absolute atomic E-state index is 13.3. The van der Waals surface area contributed by atoms with E-state index in [1.807, 2.05) is 44.2 Å². The van der Waals surface area contributed by atoms with Crippen LogP contribution in [0.2, 0.25) is 0 Å². The zero-order valence-electron chi connectivity index (χ0n) is 24.6. The zero-order chi connectivity index (χ0) is 30.5. The van der Waals surface area contributed by atoms with E-state index in [1.165, 1.54) is 12.0 Å². The minimum Gasteiger partial charge on any atom is -0.453 e. The van der Waals surface area contributed by atoms with Gasteiger partial charge in [0.2, 0.25) is 17.7 Å². The number of nitrogens with zero attached hydrogens (tertiary/aromatic N) is 3. The molecule has 3 aromatic rings. The fourth-order valence-corrected chi connectivity index (χ4v) is 5.54. The Morgan fingerprint density at radius 3 is 2.37 bits per heavy atom. The number of fused-ring (bicyclic) bond motifs is 1. The Morgan fingerprint density at radius 1 is 0.907 bits per heavy atom. The molecular weight excluding hydrogens is 550 g/mol. The number of ether oxygens (including phenoxy) is 1. The van der Waals surface area contributed by atoms with Gasteiger partial charge in [0, 0.05) is 29.9 Å². The number of rotatable bonds is 8. The lowest BCUT2D eigenvalue weighted by Gasteiger charge is -2.30. The minimum atomic E-state index is -0.798. The van der Waals surface area contributed by atoms with Gasteiger partial charge in [0.1, 0.15) is 23.7 Å². The summed E-state index contributed by atoms with van der Waals surface area (Å²) in [7, 11) is 1.24. The third kappa shape index (κ3) is 6.91. The first-order valence-corrected chi connectivity index (χ1v) is 14.6. The number of carbonyl (C=O) groups excluding carboxylic acids is 4. The number of methoxy groups -OCH3 is 1. The average Bonchev–Trinajstić information content (AvgIpc) is 3.73. The molecule has 2 aliphatic heterocycles. The van der Waals surface area contributed by atoms with E-state index in [9.17, 15) is 19.2 Å². The maximum atomic E-state index is 13.3. The van der Waals surface area contributed by atoms with Crippen molar-refractivity contribution < 1.29 is 23.9 Å². The van der Waals surface area contributed by atoms with E-state index in [4.69, 9.17) is 0 Å². The first-order valence-electron chi connectivity index (χ1n) is 14.6. The van der Waals surface area contributed by atoms with Crippen LogP contribution >= 0.6 is 0 Å². The van der Waals surface area contributed by atoms with Crippen molar-refractivity contribution in [1.29, 1.82) is 0 Å². The predicted octanol–water partition coefficient (Wildman–Crippen LogP) is 3.30. The molecule has 4 heterocycles. The van der Waals surface area contributed by atoms with Gasteiger partial charge in [-0.2, -0.15) is 0 Å². The quantitative estimate of drug-likeness (QED) is 0.313. The highest BCUT2D eigenvalue weighted by Gasteiger charge is 2.39. The van der Waals surface area contributed by atoms with Crippen molar-refractivity contribution in [1.82, 2.24) is 25.5 Å². The van der Waals surface area contributed by atoms with E-state index < -0.39 is 18.2 Å². The summed E-state index contributed by atoms with van der Waals surface area (Å²) in [5.74, 6) is -0.0319. The summed E-state index contributed by atoms with van der Waals surface area (Å²) >= 11 is 0. The van der Waals surface area contributed by atoms with Crippen molar-refractivity contribution >= 4 is 46.2 Å². The molecule has 12 heteroatoms. The van der Waals surface area contributed by atoms with Gasteiger partial charge >= 0.3 is 6.09 Å². The van der Waals surface area contributed by atoms with Crippen LogP contribution in [-0.4, -0.2) is 77.0 Å². The van der Waals surface area contributed by atoms with Gasteiger partial charge in [-0.15, -0.1) is 0 Å². The molecule has 0 saturated carbocycles. The van der Waals surface area contributed by atoms with Gasteiger partial charge < -0.3 is 30.9 Å². The molecule has 0 radical (unpaired) electrons. The Bertz CT molecular complexity index is 1500. The van der Waals surface area contributed by atoms with Gasteiger partial charge in [-0.05, 0) is 73.4 Å². The van der Waals surface area contributed by atoms with Gasteiger partial charge in [0.05, 0.1) is 13.2 Å². The number of pyridine rings is 2. The molecule has 2 fully saturated rings. The van der Waals surface area contributed by atoms with Crippen LogP contribution in [0.5, 0.6) is 0 Å². The van der Waals surface area contributed by atoms with E-state index in [2.05, 4.69) is 36.0 Å². The fourth-order valence-electron chi connectivity index (χ4n) is 5.54. The molecule has 2 aromatic heterocycles. The van der Waals surface area contributed by atoms with Crippen LogP contribution in [0.1, 0.15) is 39.5 Å². The zero-order valence-corrected chi connectivity index (χ0v) is 24.6. The summed E-state index contributed by atoms with van der Waals surface area (Å²) in [5.41, 5.74) is 1.77. The average molecular weight is 588 g/mol. The van der Waals surface area contributed by atoms with Crippen molar-refractivity contribution in [2.75, 3.05) is 30.8 Å². The van der Waals surface area contributed by atoms with Crippen LogP contribution in [-0.2, 0) is 19.1 Å². The number of carbonyl (C=O) groups is 4. The molecule has 226 valence electrons. The van der Waals surface area contributed by atoms with E-state index in [1.54, 1.807) is 18.5 Å². The second kappa shape index (κ2) is 13.2. The van der Waals surface area contributed by atoms with E-state index >= 15 is 0 Å². The van der Waals surface area contributed by atoms with Crippen LogP contribution in [0.3, 0.4) is 0 Å². The van der Waals surface area contributed by atoms with Gasteiger partial charge in [-0.25, -0.2) is 14.8 Å². The summed E-state index contributed by atoms with van der Waals surface area (Å²) in [6.45, 7) is 4.92. The molecule has 1 aromatic carbocycles. The monoisotopic (exact) mass is 587 g/mol. The van der Waals surface area contributed by atoms with Crippen LogP contribution in [0.15, 0.2) is 48.8 Å². The smallest absolute Gasteiger partial charge is 0.407 e. The first kappa shape index (κ1) is 29.9. The summed E-state index contributed by atoms with van der Waals surface area (Å²) in [6, 6.07) is 9.73. The molecule has 12 nitrogen and oxygen atoms in total. The number of nitrogens with one attached hydrogen (secondary N) is 4. The lowest BCUT2D eigenvalue weighted by Crippen LogP contribution is -2.54.